The Hall–Kier alpha value is -0.340. The van der Waals surface area contributed by atoms with Crippen LogP contribution in [-0.4, -0.2) is 24.4 Å². The molecule has 1 fully saturated rings. The van der Waals surface area contributed by atoms with Crippen molar-refractivity contribution in [3.8, 4) is 0 Å². The molecule has 0 aromatic heterocycles. The molecule has 0 radical (unpaired) electrons. The largest absolute Gasteiger partial charge is 0.391 e. The van der Waals surface area contributed by atoms with Crippen LogP contribution in [-0.2, 0) is 4.74 Å². The average molecular weight is 325 g/mol. The van der Waals surface area contributed by atoms with Gasteiger partial charge in [-0.25, -0.2) is 0 Å². The molecule has 2 nitrogen and oxygen atoms in total. The Morgan fingerprint density at radius 3 is 1.96 bits per heavy atom. The summed E-state index contributed by atoms with van der Waals surface area (Å²) >= 11 is 0. The molecule has 2 atom stereocenters. The summed E-state index contributed by atoms with van der Waals surface area (Å²) in [6.45, 7) is 3.58. The molecule has 0 bridgehead atoms. The monoisotopic (exact) mass is 324 g/mol. The van der Waals surface area contributed by atoms with Gasteiger partial charge < -0.3 is 9.84 Å². The van der Waals surface area contributed by atoms with Crippen molar-refractivity contribution in [1.82, 2.24) is 0 Å². The molecule has 136 valence electrons. The molecule has 0 aromatic carbocycles. The van der Waals surface area contributed by atoms with E-state index in [0.29, 0.717) is 12.5 Å². The SMILES string of the molecule is CCCCCCCCCCCCCCC=CC1COCC(O)C1. The third kappa shape index (κ3) is 12.7. The lowest BCUT2D eigenvalue weighted by Gasteiger charge is -2.23. The standard InChI is InChI=1S/C21H40O2/c1-2-3-4-5-6-7-8-9-10-11-12-13-14-15-16-20-17-21(22)19-23-18-20/h15-16,20-22H,2-14,17-19H2,1H3. The van der Waals surface area contributed by atoms with Crippen LogP contribution in [0.5, 0.6) is 0 Å². The third-order valence-electron chi connectivity index (χ3n) is 4.85. The molecule has 1 aliphatic rings. The average Bonchev–Trinajstić information content (AvgIpc) is 2.55. The third-order valence-corrected chi connectivity index (χ3v) is 4.85. The number of rotatable bonds is 14. The van der Waals surface area contributed by atoms with Gasteiger partial charge in [0.1, 0.15) is 0 Å². The van der Waals surface area contributed by atoms with Crippen LogP contribution in [0.1, 0.15) is 96.8 Å². The first-order valence-electron chi connectivity index (χ1n) is 10.3. The number of ether oxygens (including phenoxy) is 1. The van der Waals surface area contributed by atoms with E-state index in [9.17, 15) is 5.11 Å². The minimum absolute atomic E-state index is 0.259. The molecule has 0 spiro atoms. The zero-order valence-corrected chi connectivity index (χ0v) is 15.5. The summed E-state index contributed by atoms with van der Waals surface area (Å²) in [4.78, 5) is 0. The minimum atomic E-state index is -0.259. The Morgan fingerprint density at radius 1 is 0.826 bits per heavy atom. The quantitative estimate of drug-likeness (QED) is 0.312. The number of hydrogen-bond donors (Lipinski definition) is 1. The van der Waals surface area contributed by atoms with Crippen molar-refractivity contribution in [3.63, 3.8) is 0 Å². The molecule has 0 aliphatic carbocycles. The van der Waals surface area contributed by atoms with E-state index in [0.717, 1.165) is 13.0 Å². The molecule has 0 amide bonds. The van der Waals surface area contributed by atoms with E-state index < -0.39 is 0 Å². The second-order valence-electron chi connectivity index (χ2n) is 7.29. The van der Waals surface area contributed by atoms with Gasteiger partial charge in [-0.2, -0.15) is 0 Å². The summed E-state index contributed by atoms with van der Waals surface area (Å²) in [6, 6.07) is 0. The highest BCUT2D eigenvalue weighted by Gasteiger charge is 2.17. The van der Waals surface area contributed by atoms with Gasteiger partial charge in [0.05, 0.1) is 19.3 Å². The number of aliphatic hydroxyl groups excluding tert-OH is 1. The summed E-state index contributed by atoms with van der Waals surface area (Å²) in [5.74, 6) is 0.427. The second-order valence-corrected chi connectivity index (χ2v) is 7.29. The lowest BCUT2D eigenvalue weighted by molar-refractivity contribution is -0.0246. The number of aliphatic hydroxyl groups is 1. The molecule has 1 rings (SSSR count). The highest BCUT2D eigenvalue weighted by molar-refractivity contribution is 4.91. The zero-order valence-electron chi connectivity index (χ0n) is 15.5. The van der Waals surface area contributed by atoms with Gasteiger partial charge in [0, 0.05) is 5.92 Å². The fourth-order valence-corrected chi connectivity index (χ4v) is 3.37. The Kier molecular flexibility index (Phi) is 13.7. The van der Waals surface area contributed by atoms with Gasteiger partial charge >= 0.3 is 0 Å². The molecule has 1 heterocycles. The lowest BCUT2D eigenvalue weighted by Crippen LogP contribution is -2.28. The normalized spacial score (nSPS) is 22.0. The molecule has 23 heavy (non-hydrogen) atoms. The number of allylic oxidation sites excluding steroid dienone is 1. The first kappa shape index (κ1) is 20.7. The summed E-state index contributed by atoms with van der Waals surface area (Å²) < 4.78 is 5.36. The van der Waals surface area contributed by atoms with Crippen molar-refractivity contribution >= 4 is 0 Å². The van der Waals surface area contributed by atoms with E-state index >= 15 is 0 Å². The van der Waals surface area contributed by atoms with Crippen LogP contribution in [0.3, 0.4) is 0 Å². The Bertz CT molecular complexity index is 275. The Morgan fingerprint density at radius 2 is 1.39 bits per heavy atom. The highest BCUT2D eigenvalue weighted by Crippen LogP contribution is 2.16. The van der Waals surface area contributed by atoms with Crippen LogP contribution < -0.4 is 0 Å². The van der Waals surface area contributed by atoms with E-state index in [4.69, 9.17) is 4.74 Å². The van der Waals surface area contributed by atoms with E-state index in [-0.39, 0.29) is 6.10 Å². The van der Waals surface area contributed by atoms with Crippen molar-refractivity contribution in [2.45, 2.75) is 103 Å². The molecule has 2 heteroatoms. The van der Waals surface area contributed by atoms with Crippen LogP contribution in [0.25, 0.3) is 0 Å². The van der Waals surface area contributed by atoms with Crippen LogP contribution in [0.15, 0.2) is 12.2 Å². The number of unbranched alkanes of at least 4 members (excludes halogenated alkanes) is 12. The predicted molar refractivity (Wildman–Crippen MR) is 99.8 cm³/mol. The maximum absolute atomic E-state index is 9.54. The summed E-state index contributed by atoms with van der Waals surface area (Å²) in [6.07, 6.45) is 23.3. The molecular weight excluding hydrogens is 284 g/mol. The summed E-state index contributed by atoms with van der Waals surface area (Å²) in [7, 11) is 0. The van der Waals surface area contributed by atoms with Crippen molar-refractivity contribution < 1.29 is 9.84 Å². The van der Waals surface area contributed by atoms with Crippen molar-refractivity contribution in [1.29, 1.82) is 0 Å². The van der Waals surface area contributed by atoms with E-state index in [1.165, 1.54) is 83.5 Å². The van der Waals surface area contributed by atoms with Crippen molar-refractivity contribution in [2.24, 2.45) is 5.92 Å². The van der Waals surface area contributed by atoms with E-state index in [1.807, 2.05) is 0 Å². The second kappa shape index (κ2) is 15.2. The van der Waals surface area contributed by atoms with Gasteiger partial charge in [0.2, 0.25) is 0 Å². The van der Waals surface area contributed by atoms with Gasteiger partial charge in [-0.1, -0.05) is 89.7 Å². The zero-order chi connectivity index (χ0) is 16.6. The van der Waals surface area contributed by atoms with Crippen LogP contribution in [0, 0.1) is 5.92 Å². The topological polar surface area (TPSA) is 29.5 Å². The fraction of sp³-hybridized carbons (Fsp3) is 0.905. The van der Waals surface area contributed by atoms with Crippen molar-refractivity contribution in [2.75, 3.05) is 13.2 Å². The molecule has 1 aliphatic heterocycles. The molecular formula is C21H40O2. The summed E-state index contributed by atoms with van der Waals surface area (Å²) in [5, 5.41) is 9.54. The predicted octanol–water partition coefficient (Wildman–Crippen LogP) is 6.03. The number of hydrogen-bond acceptors (Lipinski definition) is 2. The molecule has 1 N–H and O–H groups in total. The van der Waals surface area contributed by atoms with Gasteiger partial charge in [-0.3, -0.25) is 0 Å². The maximum atomic E-state index is 9.54. The minimum Gasteiger partial charge on any atom is -0.391 e. The van der Waals surface area contributed by atoms with Crippen LogP contribution in [0.4, 0.5) is 0 Å². The first-order chi connectivity index (χ1) is 11.3. The Balaban J connectivity index is 1.77. The molecule has 0 saturated carbocycles. The van der Waals surface area contributed by atoms with Gasteiger partial charge in [-0.05, 0) is 19.3 Å². The van der Waals surface area contributed by atoms with Gasteiger partial charge in [-0.15, -0.1) is 0 Å². The molecule has 2 unspecified atom stereocenters. The molecule has 0 aromatic rings. The van der Waals surface area contributed by atoms with E-state index in [2.05, 4.69) is 19.1 Å². The summed E-state index contributed by atoms with van der Waals surface area (Å²) in [5.41, 5.74) is 0. The van der Waals surface area contributed by atoms with Crippen LogP contribution in [0.2, 0.25) is 0 Å². The Labute approximate surface area is 144 Å². The van der Waals surface area contributed by atoms with Gasteiger partial charge in [0.25, 0.3) is 0 Å². The maximum Gasteiger partial charge on any atom is 0.0780 e. The van der Waals surface area contributed by atoms with Crippen molar-refractivity contribution in [3.05, 3.63) is 12.2 Å². The fourth-order valence-electron chi connectivity index (χ4n) is 3.37. The highest BCUT2D eigenvalue weighted by atomic mass is 16.5. The molecule has 1 saturated heterocycles. The lowest BCUT2D eigenvalue weighted by atomic mass is 9.99. The first-order valence-corrected chi connectivity index (χ1v) is 10.3. The van der Waals surface area contributed by atoms with E-state index in [1.54, 1.807) is 0 Å². The smallest absolute Gasteiger partial charge is 0.0780 e. The van der Waals surface area contributed by atoms with Crippen LogP contribution >= 0.6 is 0 Å². The van der Waals surface area contributed by atoms with Gasteiger partial charge in [0.15, 0.2) is 0 Å².